The topological polar surface area (TPSA) is 35.5 Å². The van der Waals surface area contributed by atoms with Gasteiger partial charge in [-0.15, -0.1) is 0 Å². The molecular formula is C14H18Cl2O3. The highest BCUT2D eigenvalue weighted by molar-refractivity contribution is 6.42. The number of carbonyl (C=O) groups is 1. The zero-order chi connectivity index (χ0) is 14.8. The van der Waals surface area contributed by atoms with Gasteiger partial charge in [0.1, 0.15) is 10.8 Å². The van der Waals surface area contributed by atoms with E-state index in [9.17, 15) is 4.79 Å². The van der Waals surface area contributed by atoms with Crippen LogP contribution in [0.3, 0.4) is 0 Å². The molecule has 0 aliphatic rings. The molecule has 1 aromatic rings. The summed E-state index contributed by atoms with van der Waals surface area (Å²) < 4.78 is 10.2. The number of hydrogen-bond acceptors (Lipinski definition) is 3. The van der Waals surface area contributed by atoms with Crippen molar-refractivity contribution < 1.29 is 14.3 Å². The van der Waals surface area contributed by atoms with Gasteiger partial charge in [-0.1, -0.05) is 48.7 Å². The van der Waals surface area contributed by atoms with Crippen LogP contribution in [-0.4, -0.2) is 12.8 Å². The van der Waals surface area contributed by atoms with Gasteiger partial charge in [0.15, 0.2) is 0 Å². The number of halogens is 2. The van der Waals surface area contributed by atoms with Crippen molar-refractivity contribution >= 4 is 29.7 Å². The summed E-state index contributed by atoms with van der Waals surface area (Å²) in [6.07, 6.45) is 0.847. The van der Waals surface area contributed by atoms with E-state index < -0.39 is 6.29 Å². The molecule has 0 N–H and O–H groups in total. The van der Waals surface area contributed by atoms with Crippen molar-refractivity contribution in [2.45, 2.75) is 34.0 Å². The first kappa shape index (κ1) is 17.8. The van der Waals surface area contributed by atoms with E-state index in [-0.39, 0.29) is 5.02 Å². The minimum absolute atomic E-state index is 0.288. The lowest BCUT2D eigenvalue weighted by atomic mass is 10.3. The van der Waals surface area contributed by atoms with Crippen LogP contribution in [0.25, 0.3) is 0 Å². The minimum Gasteiger partial charge on any atom is -0.449 e. The summed E-state index contributed by atoms with van der Waals surface area (Å²) >= 11 is 11.8. The van der Waals surface area contributed by atoms with E-state index in [1.165, 1.54) is 0 Å². The molecule has 106 valence electrons. The molecule has 0 saturated heterocycles. The molecule has 0 saturated carbocycles. The van der Waals surface area contributed by atoms with E-state index in [1.54, 1.807) is 24.3 Å². The summed E-state index contributed by atoms with van der Waals surface area (Å²) in [4.78, 5) is 10.3. The first-order chi connectivity index (χ1) is 9.04. The average molecular weight is 305 g/mol. The second kappa shape index (κ2) is 9.70. The van der Waals surface area contributed by atoms with Crippen molar-refractivity contribution in [2.75, 3.05) is 0 Å². The molecule has 0 radical (unpaired) electrons. The molecule has 0 spiro atoms. The Morgan fingerprint density at radius 3 is 2.42 bits per heavy atom. The lowest BCUT2D eigenvalue weighted by Crippen LogP contribution is -2.17. The highest BCUT2D eigenvalue weighted by Gasteiger charge is 2.12. The molecule has 0 amide bonds. The number of rotatable bonds is 5. The van der Waals surface area contributed by atoms with Gasteiger partial charge in [-0.3, -0.25) is 4.79 Å². The molecule has 19 heavy (non-hydrogen) atoms. The Hall–Kier alpha value is -1.19. The Morgan fingerprint density at radius 1 is 1.26 bits per heavy atom. The monoisotopic (exact) mass is 304 g/mol. The molecule has 0 bridgehead atoms. The van der Waals surface area contributed by atoms with Gasteiger partial charge in [0.2, 0.25) is 0 Å². The van der Waals surface area contributed by atoms with Crippen molar-refractivity contribution in [1.82, 2.24) is 0 Å². The molecule has 1 rings (SSSR count). The predicted molar refractivity (Wildman–Crippen MR) is 78.8 cm³/mol. The van der Waals surface area contributed by atoms with E-state index >= 15 is 0 Å². The second-order valence-corrected chi connectivity index (χ2v) is 4.30. The molecule has 0 heterocycles. The van der Waals surface area contributed by atoms with Crippen LogP contribution in [0.2, 0.25) is 10.0 Å². The third-order valence-corrected chi connectivity index (χ3v) is 2.62. The molecule has 0 fully saturated rings. The molecule has 1 unspecified atom stereocenters. The Labute approximate surface area is 124 Å². The van der Waals surface area contributed by atoms with E-state index in [2.05, 4.69) is 0 Å². The number of carbonyl (C=O) groups excluding carboxylic acids is 1. The predicted octanol–water partition coefficient (Wildman–Crippen LogP) is 4.86. The van der Waals surface area contributed by atoms with Crippen LogP contribution in [0.1, 0.15) is 27.7 Å². The van der Waals surface area contributed by atoms with Crippen LogP contribution in [0.15, 0.2) is 29.8 Å². The SMILES string of the molecule is CC.CC(C)=CC(OC=O)Oc1cccc(Cl)c1Cl. The standard InChI is InChI=1S/C12H12Cl2O3.C2H6/c1-8(2)6-11(16-7-15)17-10-5-3-4-9(13)12(10)14;1-2/h3-7,11H,1-2H3;1-2H3. The Balaban J connectivity index is 0.00000154. The molecule has 5 heteroatoms. The number of ether oxygens (including phenoxy) is 2. The lowest BCUT2D eigenvalue weighted by Gasteiger charge is -2.15. The molecule has 1 atom stereocenters. The summed E-state index contributed by atoms with van der Waals surface area (Å²) in [6.45, 7) is 8.05. The van der Waals surface area contributed by atoms with E-state index in [4.69, 9.17) is 32.7 Å². The average Bonchev–Trinajstić information content (AvgIpc) is 2.37. The summed E-state index contributed by atoms with van der Waals surface area (Å²) in [6, 6.07) is 4.99. The maximum Gasteiger partial charge on any atom is 0.296 e. The van der Waals surface area contributed by atoms with E-state index in [1.807, 2.05) is 27.7 Å². The highest BCUT2D eigenvalue weighted by atomic mass is 35.5. The first-order valence-corrected chi connectivity index (χ1v) is 6.65. The third-order valence-electron chi connectivity index (χ3n) is 1.82. The Kier molecular flexibility index (Phi) is 9.09. The van der Waals surface area contributed by atoms with Crippen LogP contribution in [0, 0.1) is 0 Å². The summed E-state index contributed by atoms with van der Waals surface area (Å²) in [7, 11) is 0. The van der Waals surface area contributed by atoms with Crippen molar-refractivity contribution in [3.05, 3.63) is 39.9 Å². The number of allylic oxidation sites excluding steroid dienone is 1. The van der Waals surface area contributed by atoms with Crippen LogP contribution < -0.4 is 4.74 Å². The van der Waals surface area contributed by atoms with Gasteiger partial charge in [0, 0.05) is 0 Å². The van der Waals surface area contributed by atoms with E-state index in [0.29, 0.717) is 17.2 Å². The molecule has 1 aromatic carbocycles. The van der Waals surface area contributed by atoms with Crippen molar-refractivity contribution in [3.8, 4) is 5.75 Å². The van der Waals surface area contributed by atoms with Gasteiger partial charge in [0.25, 0.3) is 12.8 Å². The third kappa shape index (κ3) is 6.50. The molecule has 0 aliphatic carbocycles. The minimum atomic E-state index is -0.812. The largest absolute Gasteiger partial charge is 0.449 e. The van der Waals surface area contributed by atoms with Gasteiger partial charge in [0.05, 0.1) is 5.02 Å². The summed E-state index contributed by atoms with van der Waals surface area (Å²) in [5.41, 5.74) is 0.954. The molecule has 3 nitrogen and oxygen atoms in total. The maximum atomic E-state index is 10.3. The van der Waals surface area contributed by atoms with Crippen molar-refractivity contribution in [2.24, 2.45) is 0 Å². The second-order valence-electron chi connectivity index (χ2n) is 3.51. The van der Waals surface area contributed by atoms with Gasteiger partial charge < -0.3 is 9.47 Å². The molecule has 0 aromatic heterocycles. The van der Waals surface area contributed by atoms with E-state index in [0.717, 1.165) is 5.57 Å². The van der Waals surface area contributed by atoms with Gasteiger partial charge >= 0.3 is 0 Å². The van der Waals surface area contributed by atoms with Crippen molar-refractivity contribution in [1.29, 1.82) is 0 Å². The first-order valence-electron chi connectivity index (χ1n) is 5.89. The normalized spacial score (nSPS) is 10.6. The number of hydrogen-bond donors (Lipinski definition) is 0. The maximum absolute atomic E-state index is 10.3. The zero-order valence-corrected chi connectivity index (χ0v) is 13.0. The zero-order valence-electron chi connectivity index (χ0n) is 11.4. The fourth-order valence-electron chi connectivity index (χ4n) is 1.13. The summed E-state index contributed by atoms with van der Waals surface area (Å²) in [5, 5.41) is 0.669. The smallest absolute Gasteiger partial charge is 0.296 e. The van der Waals surface area contributed by atoms with Crippen LogP contribution in [0.4, 0.5) is 0 Å². The van der Waals surface area contributed by atoms with Gasteiger partial charge in [-0.05, 0) is 32.1 Å². The van der Waals surface area contributed by atoms with Crippen LogP contribution in [-0.2, 0) is 9.53 Å². The molecular weight excluding hydrogens is 287 g/mol. The summed E-state index contributed by atoms with van der Waals surface area (Å²) in [5.74, 6) is 0.364. The van der Waals surface area contributed by atoms with Crippen LogP contribution >= 0.6 is 23.2 Å². The Bertz CT molecular complexity index is 427. The molecule has 0 aliphatic heterocycles. The fourth-order valence-corrected chi connectivity index (χ4v) is 1.46. The van der Waals surface area contributed by atoms with Crippen molar-refractivity contribution in [3.63, 3.8) is 0 Å². The quantitative estimate of drug-likeness (QED) is 0.442. The van der Waals surface area contributed by atoms with Gasteiger partial charge in [-0.2, -0.15) is 0 Å². The number of benzene rings is 1. The fraction of sp³-hybridized carbons (Fsp3) is 0.357. The Morgan fingerprint density at radius 2 is 1.89 bits per heavy atom. The lowest BCUT2D eigenvalue weighted by molar-refractivity contribution is -0.141. The highest BCUT2D eigenvalue weighted by Crippen LogP contribution is 2.32. The van der Waals surface area contributed by atoms with Crippen LogP contribution in [0.5, 0.6) is 5.75 Å². The van der Waals surface area contributed by atoms with Gasteiger partial charge in [-0.25, -0.2) is 0 Å².